The summed E-state index contributed by atoms with van der Waals surface area (Å²) in [6, 6.07) is 0. The van der Waals surface area contributed by atoms with Gasteiger partial charge >= 0.3 is 5.97 Å². The first-order valence-electron chi connectivity index (χ1n) is 27.5. The van der Waals surface area contributed by atoms with Gasteiger partial charge in [-0.25, -0.2) is 0 Å². The van der Waals surface area contributed by atoms with Gasteiger partial charge < -0.3 is 104 Å². The van der Waals surface area contributed by atoms with Crippen LogP contribution in [0.1, 0.15) is 120 Å². The molecule has 22 nitrogen and oxygen atoms in total. The zero-order valence-electron chi connectivity index (χ0n) is 44.5. The molecule has 0 aromatic heterocycles. The summed E-state index contributed by atoms with van der Waals surface area (Å²) in [7, 11) is 0. The van der Waals surface area contributed by atoms with Crippen LogP contribution in [0.25, 0.3) is 0 Å². The summed E-state index contributed by atoms with van der Waals surface area (Å²) in [4.78, 5) is 14.2. The van der Waals surface area contributed by atoms with Crippen molar-refractivity contribution in [3.63, 3.8) is 0 Å². The Morgan fingerprint density at radius 3 is 1.79 bits per heavy atom. The van der Waals surface area contributed by atoms with Gasteiger partial charge in [0, 0.05) is 11.3 Å². The van der Waals surface area contributed by atoms with Gasteiger partial charge in [0.2, 0.25) is 0 Å². The Morgan fingerprint density at radius 2 is 1.13 bits per heavy atom. The molecule has 5 aliphatic heterocycles. The molecular weight excluding hydrogens is 989 g/mol. The number of aliphatic hydroxyl groups is 12. The molecule has 5 aliphatic carbocycles. The van der Waals surface area contributed by atoms with Crippen LogP contribution < -0.4 is 0 Å². The average Bonchev–Trinajstić information content (AvgIpc) is 3.59. The van der Waals surface area contributed by atoms with E-state index in [0.29, 0.717) is 19.3 Å². The van der Waals surface area contributed by atoms with Gasteiger partial charge in [-0.3, -0.25) is 4.79 Å². The van der Waals surface area contributed by atoms with Crippen molar-refractivity contribution >= 4 is 5.97 Å². The standard InChI is InChI=1S/C53H86O22/c1-22-31(57)35(61)38(64)42(68-22)74-41-37(63)33(59)24(20-55)70-45(41)71-25-21-67-44(40(34(25)60)73-43-39(65)36(62)32(58)23(19-54)69-43)72-30-11-12-49(6)26(48(30,4)5)9-13-50(7)27(49)10-14-53-28-17-47(2,3)15-16-52(28,46(66)75-53)29(56)18-51(50,53)8/h22-45,54-65H,9-21H2,1-8H3/t22-,23+,24+,25-,26?,27+,28?,29+,30-,31-,32+,33+,34-,35+,36-,37-,38+,39+,40+,41+,42-,43-,44-,45-,49-,50+,51-,52+,53-/m0/s1. The Labute approximate surface area is 437 Å². The number of hydrogen-bond donors (Lipinski definition) is 12. The second-order valence-corrected chi connectivity index (χ2v) is 26.5. The molecule has 75 heavy (non-hydrogen) atoms. The highest BCUT2D eigenvalue weighted by Gasteiger charge is 2.83. The number of fused-ring (bicyclic) bond motifs is 4. The maximum Gasteiger partial charge on any atom is 0.315 e. The number of carbonyl (C=O) groups is 1. The molecule has 10 fully saturated rings. The van der Waals surface area contributed by atoms with Gasteiger partial charge in [-0.1, -0.05) is 48.5 Å². The molecule has 5 saturated carbocycles. The average molecular weight is 1080 g/mol. The maximum absolute atomic E-state index is 14.2. The van der Waals surface area contributed by atoms with E-state index in [0.717, 1.165) is 44.9 Å². The maximum atomic E-state index is 14.2. The van der Waals surface area contributed by atoms with Gasteiger partial charge in [0.25, 0.3) is 0 Å². The number of ether oxygens (including phenoxy) is 9. The number of aliphatic hydroxyl groups excluding tert-OH is 12. The molecular formula is C53H86O22. The number of hydrogen-bond acceptors (Lipinski definition) is 22. The highest BCUT2D eigenvalue weighted by molar-refractivity contribution is 5.82. The van der Waals surface area contributed by atoms with E-state index in [2.05, 4.69) is 48.5 Å². The van der Waals surface area contributed by atoms with E-state index in [1.807, 2.05) is 0 Å². The Kier molecular flexibility index (Phi) is 14.9. The number of rotatable bonds is 10. The van der Waals surface area contributed by atoms with Gasteiger partial charge in [-0.15, -0.1) is 0 Å². The monoisotopic (exact) mass is 1070 g/mol. The molecule has 10 aliphatic rings. The van der Waals surface area contributed by atoms with Crippen molar-refractivity contribution in [1.29, 1.82) is 0 Å². The van der Waals surface area contributed by atoms with Crippen molar-refractivity contribution in [3.05, 3.63) is 0 Å². The van der Waals surface area contributed by atoms with Crippen LogP contribution in [0, 0.1) is 50.2 Å². The zero-order valence-corrected chi connectivity index (χ0v) is 44.5. The minimum Gasteiger partial charge on any atom is -0.458 e. The van der Waals surface area contributed by atoms with Gasteiger partial charge in [0.05, 0.1) is 38.1 Å². The second kappa shape index (κ2) is 19.7. The highest BCUT2D eigenvalue weighted by Crippen LogP contribution is 2.81. The molecule has 0 aromatic carbocycles. The normalized spacial score (nSPS) is 57.2. The van der Waals surface area contributed by atoms with Crippen LogP contribution >= 0.6 is 0 Å². The molecule has 22 heteroatoms. The lowest BCUT2D eigenvalue weighted by Gasteiger charge is -2.74. The van der Waals surface area contributed by atoms with Gasteiger partial charge in [-0.2, -0.15) is 0 Å². The van der Waals surface area contributed by atoms with Crippen molar-refractivity contribution in [2.24, 2.45) is 50.2 Å². The zero-order chi connectivity index (χ0) is 54.5. The summed E-state index contributed by atoms with van der Waals surface area (Å²) in [6.07, 6.45) is -25.2. The molecule has 2 unspecified atom stereocenters. The van der Waals surface area contributed by atoms with Crippen LogP contribution in [0.5, 0.6) is 0 Å². The summed E-state index contributed by atoms with van der Waals surface area (Å²) in [5.41, 5.74) is -3.10. The Bertz CT molecular complexity index is 2080. The van der Waals surface area contributed by atoms with Gasteiger partial charge in [0.15, 0.2) is 25.2 Å². The van der Waals surface area contributed by atoms with E-state index < -0.39 is 171 Å². The summed E-state index contributed by atoms with van der Waals surface area (Å²) >= 11 is 0. The molecule has 0 radical (unpaired) electrons. The quantitative estimate of drug-likeness (QED) is 0.0907. The van der Waals surface area contributed by atoms with Crippen molar-refractivity contribution < 1.29 is 109 Å². The smallest absolute Gasteiger partial charge is 0.315 e. The van der Waals surface area contributed by atoms with E-state index in [-0.39, 0.29) is 40.0 Å². The first-order valence-corrected chi connectivity index (χ1v) is 27.5. The third-order valence-corrected chi connectivity index (χ3v) is 22.1. The largest absolute Gasteiger partial charge is 0.458 e. The lowest BCUT2D eigenvalue weighted by Crippen LogP contribution is -2.74. The molecule has 0 amide bonds. The first-order chi connectivity index (χ1) is 35.1. The molecule has 5 heterocycles. The van der Waals surface area contributed by atoms with Crippen molar-refractivity contribution in [1.82, 2.24) is 0 Å². The molecule has 12 N–H and O–H groups in total. The molecule has 2 bridgehead atoms. The predicted molar refractivity (Wildman–Crippen MR) is 255 cm³/mol. The van der Waals surface area contributed by atoms with Crippen LogP contribution in [-0.4, -0.2) is 222 Å². The third kappa shape index (κ3) is 8.42. The third-order valence-electron chi connectivity index (χ3n) is 22.1. The van der Waals surface area contributed by atoms with Crippen LogP contribution in [0.3, 0.4) is 0 Å². The fourth-order valence-corrected chi connectivity index (χ4v) is 17.5. The van der Waals surface area contributed by atoms with E-state index in [1.54, 1.807) is 0 Å². The predicted octanol–water partition coefficient (Wildman–Crippen LogP) is -1.16. The SMILES string of the molecule is C[C@@H]1O[C@@H](O[C@H]2[C@H](O[C@H]3CO[C@@H](O[C@H]4CC[C@@]5(C)C(CC[C@]6(C)[C@@H]5CC[C@]57OC(=O)[C@@]8(CCC(C)(C)CC58)[C@H](O)C[C@]76C)C4(C)C)[C@H](O[C@@H]4O[C@H](CO)[C@@H](O)[C@H](O)[C@H]4O)[C@H]3O)O[C@H](CO)[C@@H](O)[C@@H]2O)[C@H](O)[C@H](O)[C@H]1O. The molecule has 430 valence electrons. The minimum atomic E-state index is -1.89. The summed E-state index contributed by atoms with van der Waals surface area (Å²) in [5, 5.41) is 131. The molecule has 0 aromatic rings. The number of esters is 1. The first kappa shape index (κ1) is 56.9. The summed E-state index contributed by atoms with van der Waals surface area (Å²) in [5.74, 6) is 0.00718. The highest BCUT2D eigenvalue weighted by atomic mass is 16.8. The Balaban J connectivity index is 0.906. The topological polar surface area (TPSA) is 343 Å². The van der Waals surface area contributed by atoms with Crippen molar-refractivity contribution in [2.45, 2.75) is 254 Å². The van der Waals surface area contributed by atoms with E-state index in [1.165, 1.54) is 6.92 Å². The lowest BCUT2D eigenvalue weighted by atomic mass is 9.30. The molecule has 10 rings (SSSR count). The number of carbonyl (C=O) groups excluding carboxylic acids is 1. The van der Waals surface area contributed by atoms with E-state index >= 15 is 0 Å². The Morgan fingerprint density at radius 1 is 0.547 bits per heavy atom. The fraction of sp³-hybridized carbons (Fsp3) is 0.981. The van der Waals surface area contributed by atoms with E-state index in [4.69, 9.17) is 42.6 Å². The molecule has 29 atom stereocenters. The summed E-state index contributed by atoms with van der Waals surface area (Å²) < 4.78 is 55.9. The van der Waals surface area contributed by atoms with Crippen molar-refractivity contribution in [2.75, 3.05) is 19.8 Å². The minimum absolute atomic E-state index is 0.00851. The molecule has 5 saturated heterocycles. The van der Waals surface area contributed by atoms with Crippen LogP contribution in [0.4, 0.5) is 0 Å². The van der Waals surface area contributed by atoms with Crippen molar-refractivity contribution in [3.8, 4) is 0 Å². The Hall–Kier alpha value is -1.33. The fourth-order valence-electron chi connectivity index (χ4n) is 17.5. The van der Waals surface area contributed by atoms with Crippen LogP contribution in [0.15, 0.2) is 0 Å². The van der Waals surface area contributed by atoms with Gasteiger partial charge in [-0.05, 0) is 105 Å². The van der Waals surface area contributed by atoms with Crippen LogP contribution in [-0.2, 0) is 47.4 Å². The van der Waals surface area contributed by atoms with Gasteiger partial charge in [0.1, 0.15) is 96.5 Å². The second-order valence-electron chi connectivity index (χ2n) is 26.5. The molecule has 1 spiro atoms. The van der Waals surface area contributed by atoms with E-state index in [9.17, 15) is 66.1 Å². The van der Waals surface area contributed by atoms with Crippen LogP contribution in [0.2, 0.25) is 0 Å². The summed E-state index contributed by atoms with van der Waals surface area (Å²) in [6.45, 7) is 15.4. The lowest BCUT2D eigenvalue weighted by molar-refractivity contribution is -0.394.